The summed E-state index contributed by atoms with van der Waals surface area (Å²) in [6.45, 7) is 1.65. The fourth-order valence-electron chi connectivity index (χ4n) is 1.52. The molecule has 0 saturated carbocycles. The van der Waals surface area contributed by atoms with Gasteiger partial charge in [0.05, 0.1) is 17.2 Å². The Balaban J connectivity index is 2.19. The number of aromatic nitrogens is 2. The van der Waals surface area contributed by atoms with E-state index in [0.717, 1.165) is 0 Å². The van der Waals surface area contributed by atoms with Crippen molar-refractivity contribution in [2.24, 2.45) is 5.73 Å². The molecule has 1 unspecified atom stereocenters. The van der Waals surface area contributed by atoms with Crippen LogP contribution in [0.4, 0.5) is 0 Å². The van der Waals surface area contributed by atoms with Gasteiger partial charge in [0.15, 0.2) is 0 Å². The van der Waals surface area contributed by atoms with Gasteiger partial charge < -0.3 is 10.5 Å². The number of nitrogens with two attached hydrogens (primary N) is 1. The van der Waals surface area contributed by atoms with Crippen molar-refractivity contribution in [3.63, 3.8) is 0 Å². The average Bonchev–Trinajstić information content (AvgIpc) is 2.48. The monoisotopic (exact) mass is 268 g/mol. The van der Waals surface area contributed by atoms with Crippen LogP contribution >= 0.6 is 0 Å². The molecule has 1 aromatic heterocycles. The standard InChI is InChI=1S/C14H12N4O2/c1-9(14(16)19)11-6-7-13(18-17-11)20-12-5-3-2-4-10(12)8-15/h2-7,9H,1H3,(H2,16,19). The smallest absolute Gasteiger partial charge is 0.238 e. The van der Waals surface area contributed by atoms with E-state index in [2.05, 4.69) is 10.2 Å². The predicted molar refractivity (Wildman–Crippen MR) is 70.9 cm³/mol. The van der Waals surface area contributed by atoms with Crippen LogP contribution in [-0.4, -0.2) is 16.1 Å². The lowest BCUT2D eigenvalue weighted by molar-refractivity contribution is -0.119. The second-order valence-electron chi connectivity index (χ2n) is 4.13. The van der Waals surface area contributed by atoms with Gasteiger partial charge in [0.25, 0.3) is 0 Å². The van der Waals surface area contributed by atoms with Crippen molar-refractivity contribution >= 4 is 5.91 Å². The summed E-state index contributed by atoms with van der Waals surface area (Å²) in [5.74, 6) is -0.334. The van der Waals surface area contributed by atoms with E-state index in [-0.39, 0.29) is 5.88 Å². The van der Waals surface area contributed by atoms with Crippen molar-refractivity contribution in [1.29, 1.82) is 5.26 Å². The molecule has 1 aromatic carbocycles. The number of nitrogens with zero attached hydrogens (tertiary/aromatic N) is 3. The minimum absolute atomic E-state index is 0.244. The first-order valence-electron chi connectivity index (χ1n) is 5.91. The molecule has 0 radical (unpaired) electrons. The predicted octanol–water partition coefficient (Wildman–Crippen LogP) is 1.73. The van der Waals surface area contributed by atoms with Gasteiger partial charge in [0.1, 0.15) is 11.8 Å². The van der Waals surface area contributed by atoms with Crippen LogP contribution in [0.1, 0.15) is 24.1 Å². The van der Waals surface area contributed by atoms with E-state index in [1.165, 1.54) is 0 Å². The van der Waals surface area contributed by atoms with Gasteiger partial charge in [-0.1, -0.05) is 12.1 Å². The number of benzene rings is 1. The van der Waals surface area contributed by atoms with Crippen molar-refractivity contribution in [3.05, 3.63) is 47.7 Å². The molecular weight excluding hydrogens is 256 g/mol. The molecule has 20 heavy (non-hydrogen) atoms. The molecule has 0 fully saturated rings. The lowest BCUT2D eigenvalue weighted by atomic mass is 10.1. The van der Waals surface area contributed by atoms with Crippen molar-refractivity contribution in [2.45, 2.75) is 12.8 Å². The van der Waals surface area contributed by atoms with Crippen LogP contribution in [0.3, 0.4) is 0 Å². The molecule has 1 heterocycles. The fraction of sp³-hybridized carbons (Fsp3) is 0.143. The van der Waals surface area contributed by atoms with E-state index in [1.54, 1.807) is 43.3 Å². The molecule has 0 spiro atoms. The maximum atomic E-state index is 11.0. The summed E-state index contributed by atoms with van der Waals surface area (Å²) in [7, 11) is 0. The average molecular weight is 268 g/mol. The van der Waals surface area contributed by atoms with Gasteiger partial charge in [-0.3, -0.25) is 4.79 Å². The Morgan fingerprint density at radius 2 is 2.05 bits per heavy atom. The Morgan fingerprint density at radius 1 is 1.30 bits per heavy atom. The first-order valence-corrected chi connectivity index (χ1v) is 5.91. The minimum atomic E-state index is -0.511. The van der Waals surface area contributed by atoms with Gasteiger partial charge in [-0.05, 0) is 25.1 Å². The van der Waals surface area contributed by atoms with E-state index >= 15 is 0 Å². The highest BCUT2D eigenvalue weighted by Gasteiger charge is 2.14. The Hall–Kier alpha value is -2.94. The van der Waals surface area contributed by atoms with Crippen LogP contribution in [0.2, 0.25) is 0 Å². The SMILES string of the molecule is CC(C(N)=O)c1ccc(Oc2ccccc2C#N)nn1. The third-order valence-corrected chi connectivity index (χ3v) is 2.75. The Kier molecular flexibility index (Phi) is 3.91. The molecule has 0 saturated heterocycles. The summed E-state index contributed by atoms with van der Waals surface area (Å²) >= 11 is 0. The number of carbonyl (C=O) groups excluding carboxylic acids is 1. The topological polar surface area (TPSA) is 102 Å². The van der Waals surface area contributed by atoms with Gasteiger partial charge in [-0.2, -0.15) is 10.4 Å². The first kappa shape index (κ1) is 13.5. The molecule has 100 valence electrons. The number of hydrogen-bond acceptors (Lipinski definition) is 5. The van der Waals surface area contributed by atoms with Crippen LogP contribution in [0.15, 0.2) is 36.4 Å². The number of ether oxygens (including phenoxy) is 1. The number of nitriles is 1. The molecule has 0 aliphatic heterocycles. The Morgan fingerprint density at radius 3 is 2.65 bits per heavy atom. The largest absolute Gasteiger partial charge is 0.436 e. The van der Waals surface area contributed by atoms with Crippen molar-refractivity contribution in [2.75, 3.05) is 0 Å². The molecule has 2 rings (SSSR count). The molecule has 1 atom stereocenters. The summed E-state index contributed by atoms with van der Waals surface area (Å²) < 4.78 is 5.48. The highest BCUT2D eigenvalue weighted by molar-refractivity contribution is 5.80. The highest BCUT2D eigenvalue weighted by atomic mass is 16.5. The molecule has 1 amide bonds. The van der Waals surface area contributed by atoms with Crippen LogP contribution < -0.4 is 10.5 Å². The zero-order chi connectivity index (χ0) is 14.5. The second kappa shape index (κ2) is 5.80. The maximum absolute atomic E-state index is 11.0. The summed E-state index contributed by atoms with van der Waals surface area (Å²) in [5, 5.41) is 16.7. The Labute approximate surface area is 115 Å². The number of hydrogen-bond donors (Lipinski definition) is 1. The van der Waals surface area contributed by atoms with Crippen molar-refractivity contribution < 1.29 is 9.53 Å². The lowest BCUT2D eigenvalue weighted by Gasteiger charge is -2.08. The maximum Gasteiger partial charge on any atom is 0.238 e. The van der Waals surface area contributed by atoms with E-state index in [4.69, 9.17) is 15.7 Å². The molecule has 2 N–H and O–H groups in total. The molecule has 0 aliphatic rings. The van der Waals surface area contributed by atoms with Gasteiger partial charge in [-0.25, -0.2) is 0 Å². The molecule has 0 bridgehead atoms. The molecule has 6 nitrogen and oxygen atoms in total. The van der Waals surface area contributed by atoms with Crippen LogP contribution in [-0.2, 0) is 4.79 Å². The zero-order valence-electron chi connectivity index (χ0n) is 10.8. The van der Waals surface area contributed by atoms with E-state index < -0.39 is 11.8 Å². The molecule has 6 heteroatoms. The first-order chi connectivity index (χ1) is 9.61. The normalized spacial score (nSPS) is 11.4. The zero-order valence-corrected chi connectivity index (χ0v) is 10.8. The van der Waals surface area contributed by atoms with Gasteiger partial charge >= 0.3 is 0 Å². The van der Waals surface area contributed by atoms with E-state index in [0.29, 0.717) is 17.0 Å². The fourth-order valence-corrected chi connectivity index (χ4v) is 1.52. The highest BCUT2D eigenvalue weighted by Crippen LogP contribution is 2.23. The quantitative estimate of drug-likeness (QED) is 0.909. The third-order valence-electron chi connectivity index (χ3n) is 2.75. The van der Waals surface area contributed by atoms with Crippen LogP contribution in [0, 0.1) is 11.3 Å². The lowest BCUT2D eigenvalue weighted by Crippen LogP contribution is -2.19. The van der Waals surface area contributed by atoms with Gasteiger partial charge in [0.2, 0.25) is 11.8 Å². The van der Waals surface area contributed by atoms with Crippen LogP contribution in [0.5, 0.6) is 11.6 Å². The van der Waals surface area contributed by atoms with Crippen molar-refractivity contribution in [1.82, 2.24) is 10.2 Å². The summed E-state index contributed by atoms with van der Waals surface area (Å²) in [5.41, 5.74) is 6.07. The number of carbonyl (C=O) groups is 1. The van der Waals surface area contributed by atoms with Gasteiger partial charge in [0, 0.05) is 6.07 Å². The second-order valence-corrected chi connectivity index (χ2v) is 4.13. The molecular formula is C14H12N4O2. The molecule has 2 aromatic rings. The van der Waals surface area contributed by atoms with Gasteiger partial charge in [-0.15, -0.1) is 5.10 Å². The van der Waals surface area contributed by atoms with Crippen molar-refractivity contribution in [3.8, 4) is 17.7 Å². The number of amides is 1. The summed E-state index contributed by atoms with van der Waals surface area (Å²) in [6.07, 6.45) is 0. The van der Waals surface area contributed by atoms with E-state index in [9.17, 15) is 4.79 Å². The van der Waals surface area contributed by atoms with Crippen LogP contribution in [0.25, 0.3) is 0 Å². The number of para-hydroxylation sites is 1. The minimum Gasteiger partial charge on any atom is -0.436 e. The summed E-state index contributed by atoms with van der Waals surface area (Å²) in [4.78, 5) is 11.0. The Bertz CT molecular complexity index is 662. The number of primary amides is 1. The number of rotatable bonds is 4. The third kappa shape index (κ3) is 2.90. The summed E-state index contributed by atoms with van der Waals surface area (Å²) in [6, 6.07) is 12.0. The molecule has 0 aliphatic carbocycles. The van der Waals surface area contributed by atoms with E-state index in [1.807, 2.05) is 6.07 Å².